The van der Waals surface area contributed by atoms with Crippen LogP contribution in [-0.2, 0) is 9.59 Å². The molecule has 1 heterocycles. The summed E-state index contributed by atoms with van der Waals surface area (Å²) >= 11 is 0. The van der Waals surface area contributed by atoms with Crippen molar-refractivity contribution in [1.82, 2.24) is 10.6 Å². The number of hydrogen-bond acceptors (Lipinski definition) is 4. The van der Waals surface area contributed by atoms with Crippen molar-refractivity contribution in [3.8, 4) is 5.75 Å². The third kappa shape index (κ3) is 6.93. The lowest BCUT2D eigenvalue weighted by Crippen LogP contribution is -2.53. The van der Waals surface area contributed by atoms with Crippen LogP contribution in [-0.4, -0.2) is 43.1 Å². The van der Waals surface area contributed by atoms with Gasteiger partial charge in [-0.3, -0.25) is 9.59 Å². The van der Waals surface area contributed by atoms with Crippen molar-refractivity contribution in [2.24, 2.45) is 0 Å². The zero-order chi connectivity index (χ0) is 28.2. The molecule has 0 aromatic heterocycles. The second-order valence-electron chi connectivity index (χ2n) is 10.5. The van der Waals surface area contributed by atoms with Gasteiger partial charge >= 0.3 is 6.03 Å². The van der Waals surface area contributed by atoms with Gasteiger partial charge < -0.3 is 25.6 Å². The number of nitrogens with zero attached hydrogens (tertiary/aromatic N) is 1. The zero-order valence-electron chi connectivity index (χ0n) is 22.5. The number of benzene rings is 3. The molecule has 0 spiro atoms. The van der Waals surface area contributed by atoms with E-state index in [2.05, 4.69) is 16.0 Å². The highest BCUT2D eigenvalue weighted by Gasteiger charge is 2.37. The maximum Gasteiger partial charge on any atom is 0.319 e. The van der Waals surface area contributed by atoms with E-state index in [1.165, 1.54) is 24.1 Å². The van der Waals surface area contributed by atoms with Crippen LogP contribution in [0.2, 0.25) is 0 Å². The van der Waals surface area contributed by atoms with E-state index in [0.29, 0.717) is 17.1 Å². The van der Waals surface area contributed by atoms with Gasteiger partial charge in [-0.2, -0.15) is 0 Å². The molecular weight excluding hydrogens is 499 g/mol. The molecule has 0 bridgehead atoms. The van der Waals surface area contributed by atoms with Crippen molar-refractivity contribution in [3.05, 3.63) is 89.7 Å². The number of nitrogens with one attached hydrogen (secondary N) is 3. The number of methoxy groups -OCH3 is 1. The standard InChI is InChI=1S/C30H33FN4O4/c1-30(2,3)34-27(36)18-35-26-11-6-5-10-23(26)24(19-12-14-20(31)15-13-19)17-25(28(35)37)33-29(38)32-21-8-7-9-22(16-21)39-4/h5-16,24-25H,17-18H2,1-4H3,(H,34,36)(H2,32,33,38). The Labute approximate surface area is 227 Å². The van der Waals surface area contributed by atoms with Gasteiger partial charge in [0.25, 0.3) is 0 Å². The van der Waals surface area contributed by atoms with Crippen LogP contribution in [0.15, 0.2) is 72.8 Å². The molecule has 1 aliphatic rings. The molecule has 0 saturated heterocycles. The van der Waals surface area contributed by atoms with E-state index in [-0.39, 0.29) is 30.6 Å². The topological polar surface area (TPSA) is 99.8 Å². The molecule has 4 amide bonds. The second kappa shape index (κ2) is 11.6. The summed E-state index contributed by atoms with van der Waals surface area (Å²) < 4.78 is 19.0. The monoisotopic (exact) mass is 532 g/mol. The fourth-order valence-corrected chi connectivity index (χ4v) is 4.72. The van der Waals surface area contributed by atoms with Gasteiger partial charge in [0.1, 0.15) is 24.2 Å². The first-order valence-electron chi connectivity index (χ1n) is 12.7. The number of urea groups is 1. The van der Waals surface area contributed by atoms with Crippen LogP contribution in [0.25, 0.3) is 0 Å². The van der Waals surface area contributed by atoms with Crippen LogP contribution in [0.1, 0.15) is 44.2 Å². The summed E-state index contributed by atoms with van der Waals surface area (Å²) in [5, 5.41) is 8.45. The number of carbonyl (C=O) groups excluding carboxylic acids is 3. The molecule has 3 N–H and O–H groups in total. The van der Waals surface area contributed by atoms with Gasteiger partial charge in [0, 0.05) is 28.9 Å². The maximum atomic E-state index is 14.0. The van der Waals surface area contributed by atoms with E-state index in [0.717, 1.165) is 11.1 Å². The van der Waals surface area contributed by atoms with Gasteiger partial charge in [-0.25, -0.2) is 9.18 Å². The number of para-hydroxylation sites is 1. The maximum absolute atomic E-state index is 14.0. The molecule has 0 aliphatic carbocycles. The number of carbonyl (C=O) groups is 3. The predicted molar refractivity (Wildman–Crippen MR) is 148 cm³/mol. The third-order valence-electron chi connectivity index (χ3n) is 6.36. The van der Waals surface area contributed by atoms with Crippen LogP contribution in [0.3, 0.4) is 0 Å². The Hall–Kier alpha value is -4.40. The van der Waals surface area contributed by atoms with Crippen LogP contribution in [0.5, 0.6) is 5.75 Å². The second-order valence-corrected chi connectivity index (χ2v) is 10.5. The van der Waals surface area contributed by atoms with Gasteiger partial charge in [-0.15, -0.1) is 0 Å². The minimum atomic E-state index is -0.972. The lowest BCUT2D eigenvalue weighted by Gasteiger charge is -2.28. The number of amides is 4. The van der Waals surface area contributed by atoms with E-state index < -0.39 is 23.5 Å². The molecule has 3 aromatic carbocycles. The van der Waals surface area contributed by atoms with Gasteiger partial charge in [0.2, 0.25) is 11.8 Å². The Bertz CT molecular complexity index is 1350. The Morgan fingerprint density at radius 1 is 1.03 bits per heavy atom. The molecule has 0 radical (unpaired) electrons. The summed E-state index contributed by atoms with van der Waals surface area (Å²) in [5.74, 6) is -0.892. The van der Waals surface area contributed by atoms with Crippen LogP contribution in [0.4, 0.5) is 20.6 Å². The highest BCUT2D eigenvalue weighted by Crippen LogP contribution is 2.39. The molecule has 8 nitrogen and oxygen atoms in total. The van der Waals surface area contributed by atoms with E-state index in [1.807, 2.05) is 32.9 Å². The lowest BCUT2D eigenvalue weighted by molar-refractivity contribution is -0.125. The highest BCUT2D eigenvalue weighted by atomic mass is 19.1. The first-order valence-corrected chi connectivity index (χ1v) is 12.7. The quantitative estimate of drug-likeness (QED) is 0.424. The summed E-state index contributed by atoms with van der Waals surface area (Å²) in [6.07, 6.45) is 0.213. The SMILES string of the molecule is COc1cccc(NC(=O)NC2CC(c3ccc(F)cc3)c3ccccc3N(CC(=O)NC(C)(C)C)C2=O)c1. The Kier molecular flexibility index (Phi) is 8.18. The lowest BCUT2D eigenvalue weighted by atomic mass is 9.86. The molecule has 2 atom stereocenters. The molecular formula is C30H33FN4O4. The van der Waals surface area contributed by atoms with Crippen LogP contribution >= 0.6 is 0 Å². The molecule has 4 rings (SSSR count). The van der Waals surface area contributed by atoms with Crippen molar-refractivity contribution < 1.29 is 23.5 Å². The normalized spacial score (nSPS) is 17.1. The summed E-state index contributed by atoms with van der Waals surface area (Å²) in [7, 11) is 1.53. The third-order valence-corrected chi connectivity index (χ3v) is 6.36. The summed E-state index contributed by atoms with van der Waals surface area (Å²) in [6.45, 7) is 5.36. The molecule has 1 aliphatic heterocycles. The van der Waals surface area contributed by atoms with Crippen LogP contribution < -0.4 is 25.6 Å². The molecule has 9 heteroatoms. The minimum Gasteiger partial charge on any atom is -0.497 e. The number of ether oxygens (including phenoxy) is 1. The van der Waals surface area contributed by atoms with Crippen LogP contribution in [0, 0.1) is 5.82 Å². The van der Waals surface area contributed by atoms with E-state index >= 15 is 0 Å². The van der Waals surface area contributed by atoms with Crippen molar-refractivity contribution >= 4 is 29.2 Å². The van der Waals surface area contributed by atoms with Gasteiger partial charge in [-0.05, 0) is 68.7 Å². The number of rotatable bonds is 6. The molecule has 0 fully saturated rings. The highest BCUT2D eigenvalue weighted by molar-refractivity contribution is 6.05. The average Bonchev–Trinajstić information content (AvgIpc) is 2.99. The van der Waals surface area contributed by atoms with Crippen molar-refractivity contribution in [2.45, 2.75) is 44.7 Å². The van der Waals surface area contributed by atoms with Crippen molar-refractivity contribution in [3.63, 3.8) is 0 Å². The fourth-order valence-electron chi connectivity index (χ4n) is 4.72. The van der Waals surface area contributed by atoms with Gasteiger partial charge in [0.15, 0.2) is 0 Å². The van der Waals surface area contributed by atoms with E-state index in [1.54, 1.807) is 48.5 Å². The molecule has 39 heavy (non-hydrogen) atoms. The number of halogens is 1. The summed E-state index contributed by atoms with van der Waals surface area (Å²) in [6, 6.07) is 18.7. The van der Waals surface area contributed by atoms with E-state index in [9.17, 15) is 18.8 Å². The fraction of sp³-hybridized carbons (Fsp3) is 0.300. The largest absolute Gasteiger partial charge is 0.497 e. The Morgan fingerprint density at radius 2 is 1.74 bits per heavy atom. The number of anilines is 2. The molecule has 204 valence electrons. The average molecular weight is 533 g/mol. The number of hydrogen-bond donors (Lipinski definition) is 3. The zero-order valence-corrected chi connectivity index (χ0v) is 22.5. The Morgan fingerprint density at radius 3 is 2.44 bits per heavy atom. The number of fused-ring (bicyclic) bond motifs is 1. The van der Waals surface area contributed by atoms with Gasteiger partial charge in [-0.1, -0.05) is 36.4 Å². The van der Waals surface area contributed by atoms with Gasteiger partial charge in [0.05, 0.1) is 7.11 Å². The molecule has 0 saturated carbocycles. The predicted octanol–water partition coefficient (Wildman–Crippen LogP) is 4.81. The first-order chi connectivity index (χ1) is 18.5. The molecule has 3 aromatic rings. The first kappa shape index (κ1) is 27.6. The van der Waals surface area contributed by atoms with Crippen molar-refractivity contribution in [2.75, 3.05) is 23.9 Å². The summed E-state index contributed by atoms with van der Waals surface area (Å²) in [4.78, 5) is 41.4. The molecule has 2 unspecified atom stereocenters. The summed E-state index contributed by atoms with van der Waals surface area (Å²) in [5.41, 5.74) is 2.17. The van der Waals surface area contributed by atoms with E-state index in [4.69, 9.17) is 4.74 Å². The van der Waals surface area contributed by atoms with Crippen molar-refractivity contribution in [1.29, 1.82) is 0 Å². The Balaban J connectivity index is 1.69. The smallest absolute Gasteiger partial charge is 0.319 e. The minimum absolute atomic E-state index is 0.213.